The van der Waals surface area contributed by atoms with Crippen LogP contribution < -0.4 is 0 Å². The second-order valence-electron chi connectivity index (χ2n) is 6.64. The molecule has 0 aliphatic heterocycles. The highest BCUT2D eigenvalue weighted by atomic mass is 15.1. The molecule has 2 aromatic rings. The van der Waals surface area contributed by atoms with Gasteiger partial charge in [-0.2, -0.15) is 0 Å². The molecule has 116 valence electrons. The van der Waals surface area contributed by atoms with Crippen LogP contribution in [0.5, 0.6) is 0 Å². The molecule has 0 heterocycles. The maximum Gasteiger partial charge on any atom is 0.0237 e. The summed E-state index contributed by atoms with van der Waals surface area (Å²) in [5.41, 5.74) is 2.85. The number of rotatable bonds is 6. The van der Waals surface area contributed by atoms with Crippen molar-refractivity contribution in [2.75, 3.05) is 6.54 Å². The highest BCUT2D eigenvalue weighted by Gasteiger charge is 2.17. The molecule has 0 atom stereocenters. The Balaban J connectivity index is 1.66. The van der Waals surface area contributed by atoms with Crippen LogP contribution in [-0.4, -0.2) is 11.4 Å². The van der Waals surface area contributed by atoms with Gasteiger partial charge in [0, 0.05) is 19.6 Å². The van der Waals surface area contributed by atoms with Gasteiger partial charge in [0.1, 0.15) is 0 Å². The number of nitrogens with zero attached hydrogens (tertiary/aromatic N) is 1. The Bertz CT molecular complexity index is 487. The molecule has 0 aromatic heterocycles. The molecule has 1 aliphatic rings. The molecule has 22 heavy (non-hydrogen) atoms. The van der Waals surface area contributed by atoms with Gasteiger partial charge in [0.15, 0.2) is 0 Å². The van der Waals surface area contributed by atoms with Crippen LogP contribution in [0, 0.1) is 5.92 Å². The SMILES string of the molecule is c1ccc(CN(Cc2ccccc2)CC2CCCCC2)cc1. The molecular formula is C21H27N. The molecular weight excluding hydrogens is 266 g/mol. The minimum absolute atomic E-state index is 0.890. The molecule has 0 spiro atoms. The van der Waals surface area contributed by atoms with Crippen LogP contribution >= 0.6 is 0 Å². The first-order valence-electron chi connectivity index (χ1n) is 8.70. The lowest BCUT2D eigenvalue weighted by molar-refractivity contribution is 0.187. The van der Waals surface area contributed by atoms with Crippen LogP contribution in [0.3, 0.4) is 0 Å². The third kappa shape index (κ3) is 4.71. The summed E-state index contributed by atoms with van der Waals surface area (Å²) in [5.74, 6) is 0.890. The topological polar surface area (TPSA) is 3.24 Å². The summed E-state index contributed by atoms with van der Waals surface area (Å²) in [4.78, 5) is 2.64. The molecule has 0 saturated heterocycles. The molecule has 2 aromatic carbocycles. The number of benzene rings is 2. The molecule has 0 N–H and O–H groups in total. The van der Waals surface area contributed by atoms with Gasteiger partial charge in [0.2, 0.25) is 0 Å². The lowest BCUT2D eigenvalue weighted by Crippen LogP contribution is -2.30. The van der Waals surface area contributed by atoms with Crippen molar-refractivity contribution in [1.29, 1.82) is 0 Å². The van der Waals surface area contributed by atoms with E-state index in [1.807, 2.05) is 0 Å². The fourth-order valence-electron chi connectivity index (χ4n) is 3.60. The molecule has 0 bridgehead atoms. The highest BCUT2D eigenvalue weighted by Crippen LogP contribution is 2.25. The van der Waals surface area contributed by atoms with E-state index >= 15 is 0 Å². The predicted molar refractivity (Wildman–Crippen MR) is 93.6 cm³/mol. The van der Waals surface area contributed by atoms with Crippen LogP contribution in [0.2, 0.25) is 0 Å². The average Bonchev–Trinajstić information content (AvgIpc) is 2.57. The number of hydrogen-bond donors (Lipinski definition) is 0. The van der Waals surface area contributed by atoms with Crippen molar-refractivity contribution in [1.82, 2.24) is 4.90 Å². The predicted octanol–water partition coefficient (Wildman–Crippen LogP) is 5.27. The van der Waals surface area contributed by atoms with Crippen molar-refractivity contribution in [2.45, 2.75) is 45.2 Å². The zero-order valence-electron chi connectivity index (χ0n) is 13.5. The third-order valence-electron chi connectivity index (χ3n) is 4.74. The Morgan fingerprint density at radius 2 is 1.18 bits per heavy atom. The van der Waals surface area contributed by atoms with Crippen molar-refractivity contribution in [3.63, 3.8) is 0 Å². The third-order valence-corrected chi connectivity index (χ3v) is 4.74. The summed E-state index contributed by atoms with van der Waals surface area (Å²) in [6.45, 7) is 3.36. The maximum absolute atomic E-state index is 2.64. The van der Waals surface area contributed by atoms with Gasteiger partial charge >= 0.3 is 0 Å². The summed E-state index contributed by atoms with van der Waals surface area (Å²) in [5, 5.41) is 0. The van der Waals surface area contributed by atoms with Crippen LogP contribution in [-0.2, 0) is 13.1 Å². The van der Waals surface area contributed by atoms with Gasteiger partial charge in [-0.25, -0.2) is 0 Å². The van der Waals surface area contributed by atoms with Crippen molar-refractivity contribution in [3.05, 3.63) is 71.8 Å². The van der Waals surface area contributed by atoms with Crippen LogP contribution in [0.15, 0.2) is 60.7 Å². The largest absolute Gasteiger partial charge is 0.295 e. The summed E-state index contributed by atoms with van der Waals surface area (Å²) >= 11 is 0. The van der Waals surface area contributed by atoms with E-state index in [2.05, 4.69) is 65.6 Å². The van der Waals surface area contributed by atoms with E-state index in [0.29, 0.717) is 0 Å². The van der Waals surface area contributed by atoms with E-state index in [4.69, 9.17) is 0 Å². The van der Waals surface area contributed by atoms with E-state index in [-0.39, 0.29) is 0 Å². The van der Waals surface area contributed by atoms with Gasteiger partial charge in [-0.1, -0.05) is 79.9 Å². The van der Waals surface area contributed by atoms with Crippen LogP contribution in [0.4, 0.5) is 0 Å². The molecule has 1 heteroatoms. The summed E-state index contributed by atoms with van der Waals surface area (Å²) in [6, 6.07) is 21.8. The lowest BCUT2D eigenvalue weighted by atomic mass is 9.89. The monoisotopic (exact) mass is 293 g/mol. The zero-order valence-corrected chi connectivity index (χ0v) is 13.5. The first-order chi connectivity index (χ1) is 10.9. The molecule has 3 rings (SSSR count). The quantitative estimate of drug-likeness (QED) is 0.701. The van der Waals surface area contributed by atoms with E-state index in [0.717, 1.165) is 19.0 Å². The van der Waals surface area contributed by atoms with Crippen LogP contribution in [0.1, 0.15) is 43.2 Å². The zero-order chi connectivity index (χ0) is 15.0. The molecule has 0 unspecified atom stereocenters. The highest BCUT2D eigenvalue weighted by molar-refractivity contribution is 5.17. The molecule has 1 saturated carbocycles. The normalized spacial score (nSPS) is 16.0. The average molecular weight is 293 g/mol. The minimum atomic E-state index is 0.890. The van der Waals surface area contributed by atoms with Crippen molar-refractivity contribution >= 4 is 0 Å². The Morgan fingerprint density at radius 3 is 1.68 bits per heavy atom. The van der Waals surface area contributed by atoms with Gasteiger partial charge < -0.3 is 0 Å². The van der Waals surface area contributed by atoms with E-state index < -0.39 is 0 Å². The summed E-state index contributed by atoms with van der Waals surface area (Å²) in [6.07, 6.45) is 7.12. The van der Waals surface area contributed by atoms with Gasteiger partial charge in [-0.3, -0.25) is 4.90 Å². The van der Waals surface area contributed by atoms with Crippen molar-refractivity contribution in [3.8, 4) is 0 Å². The Morgan fingerprint density at radius 1 is 0.682 bits per heavy atom. The molecule has 0 radical (unpaired) electrons. The standard InChI is InChI=1S/C21H27N/c1-4-10-19(11-5-1)16-22(17-20-12-6-2-7-13-20)18-21-14-8-3-9-15-21/h1-2,4-7,10-13,21H,3,8-9,14-18H2. The molecule has 1 nitrogen and oxygen atoms in total. The van der Waals surface area contributed by atoms with E-state index in [1.165, 1.54) is 49.8 Å². The fourth-order valence-corrected chi connectivity index (χ4v) is 3.60. The second-order valence-corrected chi connectivity index (χ2v) is 6.64. The molecule has 1 fully saturated rings. The van der Waals surface area contributed by atoms with Gasteiger partial charge in [0.05, 0.1) is 0 Å². The molecule has 0 amide bonds. The van der Waals surface area contributed by atoms with Gasteiger partial charge in [-0.15, -0.1) is 0 Å². The van der Waals surface area contributed by atoms with Crippen molar-refractivity contribution in [2.24, 2.45) is 5.92 Å². The Kier molecular flexibility index (Phi) is 5.66. The summed E-state index contributed by atoms with van der Waals surface area (Å²) < 4.78 is 0. The van der Waals surface area contributed by atoms with Gasteiger partial charge in [-0.05, 0) is 29.9 Å². The smallest absolute Gasteiger partial charge is 0.0237 e. The maximum atomic E-state index is 2.64. The van der Waals surface area contributed by atoms with Gasteiger partial charge in [0.25, 0.3) is 0 Å². The lowest BCUT2D eigenvalue weighted by Gasteiger charge is -2.30. The fraction of sp³-hybridized carbons (Fsp3) is 0.429. The van der Waals surface area contributed by atoms with Crippen molar-refractivity contribution < 1.29 is 0 Å². The number of hydrogen-bond acceptors (Lipinski definition) is 1. The Labute approximate surface area is 135 Å². The minimum Gasteiger partial charge on any atom is -0.295 e. The first-order valence-corrected chi connectivity index (χ1v) is 8.70. The first kappa shape index (κ1) is 15.3. The van der Waals surface area contributed by atoms with E-state index in [1.54, 1.807) is 0 Å². The summed E-state index contributed by atoms with van der Waals surface area (Å²) in [7, 11) is 0. The van der Waals surface area contributed by atoms with Crippen LogP contribution in [0.25, 0.3) is 0 Å². The van der Waals surface area contributed by atoms with E-state index in [9.17, 15) is 0 Å². The second kappa shape index (κ2) is 8.14. The molecule has 1 aliphatic carbocycles. The Hall–Kier alpha value is -1.60.